The first-order valence-corrected chi connectivity index (χ1v) is 10.2. The second-order valence-corrected chi connectivity index (χ2v) is 5.78. The van der Waals surface area contributed by atoms with E-state index in [0.29, 0.717) is 17.2 Å². The van der Waals surface area contributed by atoms with Crippen molar-refractivity contribution in [3.8, 4) is 17.6 Å². The van der Waals surface area contributed by atoms with E-state index in [2.05, 4.69) is 19.2 Å². The number of nitrogens with one attached hydrogen (secondary N) is 1. The number of nitriles is 1. The van der Waals surface area contributed by atoms with Crippen molar-refractivity contribution in [1.82, 2.24) is 5.32 Å². The Bertz CT molecular complexity index is 619. The van der Waals surface area contributed by atoms with Crippen LogP contribution in [0.2, 0.25) is 0 Å². The number of aldehydes is 1. The predicted octanol–water partition coefficient (Wildman–Crippen LogP) is 4.57. The number of hydrogen-bond acceptors (Lipinski definition) is 7. The number of carbonyl (C=O) groups excluding carboxylic acids is 1. The smallest absolute Gasteiger partial charge is 0.161 e. The van der Waals surface area contributed by atoms with E-state index in [1.807, 2.05) is 26.8 Å². The summed E-state index contributed by atoms with van der Waals surface area (Å²) in [6, 6.07) is 7.18. The summed E-state index contributed by atoms with van der Waals surface area (Å²) in [5.41, 5.74) is 1.31. The van der Waals surface area contributed by atoms with E-state index in [0.717, 1.165) is 25.1 Å². The minimum Gasteiger partial charge on any atom is -0.493 e. The average molecular weight is 423 g/mol. The normalized spacial score (nSPS) is 10.0. The Balaban J connectivity index is 0. The number of rotatable bonds is 11. The number of methoxy groups -OCH3 is 2. The largest absolute Gasteiger partial charge is 0.493 e. The van der Waals surface area contributed by atoms with Crippen LogP contribution in [0.3, 0.4) is 0 Å². The van der Waals surface area contributed by atoms with E-state index < -0.39 is 0 Å². The SMILES string of the molecule is CCCC.CCOC(C)OCC.COc1ccc(/C(=C/C#N)NCC=O)cc1OC. The van der Waals surface area contributed by atoms with Gasteiger partial charge in [-0.05, 0) is 39.0 Å². The molecule has 0 fully saturated rings. The molecule has 0 aromatic heterocycles. The maximum Gasteiger partial charge on any atom is 0.161 e. The van der Waals surface area contributed by atoms with Crippen molar-refractivity contribution in [3.05, 3.63) is 29.8 Å². The maximum atomic E-state index is 10.4. The maximum absolute atomic E-state index is 10.4. The molecule has 0 unspecified atom stereocenters. The molecule has 1 aromatic carbocycles. The van der Waals surface area contributed by atoms with Crippen molar-refractivity contribution in [2.75, 3.05) is 34.0 Å². The molecule has 0 bridgehead atoms. The number of benzene rings is 1. The lowest BCUT2D eigenvalue weighted by atomic mass is 10.1. The van der Waals surface area contributed by atoms with E-state index in [1.54, 1.807) is 25.3 Å². The fraction of sp³-hybridized carbons (Fsp3) is 0.565. The highest BCUT2D eigenvalue weighted by Gasteiger charge is 2.07. The highest BCUT2D eigenvalue weighted by molar-refractivity contribution is 5.70. The molecule has 30 heavy (non-hydrogen) atoms. The van der Waals surface area contributed by atoms with Gasteiger partial charge >= 0.3 is 0 Å². The van der Waals surface area contributed by atoms with Gasteiger partial charge in [-0.3, -0.25) is 0 Å². The summed E-state index contributed by atoms with van der Waals surface area (Å²) in [6.45, 7) is 11.8. The molecule has 170 valence electrons. The summed E-state index contributed by atoms with van der Waals surface area (Å²) >= 11 is 0. The van der Waals surface area contributed by atoms with Crippen LogP contribution in [-0.4, -0.2) is 46.6 Å². The van der Waals surface area contributed by atoms with Gasteiger partial charge in [-0.25, -0.2) is 0 Å². The zero-order valence-corrected chi connectivity index (χ0v) is 19.5. The van der Waals surface area contributed by atoms with Gasteiger partial charge in [-0.15, -0.1) is 0 Å². The van der Waals surface area contributed by atoms with Gasteiger partial charge in [0, 0.05) is 24.9 Å². The number of allylic oxidation sites excluding steroid dienone is 1. The molecule has 0 amide bonds. The van der Waals surface area contributed by atoms with E-state index in [9.17, 15) is 4.79 Å². The van der Waals surface area contributed by atoms with Gasteiger partial charge in [0.05, 0.1) is 32.5 Å². The minimum absolute atomic E-state index is 0.0370. The van der Waals surface area contributed by atoms with Gasteiger partial charge in [-0.1, -0.05) is 26.7 Å². The molecule has 1 rings (SSSR count). The molecular weight excluding hydrogens is 384 g/mol. The van der Waals surface area contributed by atoms with Crippen LogP contribution in [0.5, 0.6) is 11.5 Å². The fourth-order valence-electron chi connectivity index (χ4n) is 1.97. The van der Waals surface area contributed by atoms with Crippen molar-refractivity contribution in [2.45, 2.75) is 53.8 Å². The van der Waals surface area contributed by atoms with E-state index >= 15 is 0 Å². The van der Waals surface area contributed by atoms with Gasteiger partial charge in [0.15, 0.2) is 17.8 Å². The van der Waals surface area contributed by atoms with E-state index in [-0.39, 0.29) is 12.8 Å². The van der Waals surface area contributed by atoms with E-state index in [1.165, 1.54) is 26.0 Å². The molecule has 0 heterocycles. The van der Waals surface area contributed by atoms with Crippen molar-refractivity contribution in [2.24, 2.45) is 0 Å². The summed E-state index contributed by atoms with van der Waals surface area (Å²) in [5.74, 6) is 1.17. The molecule has 0 aliphatic carbocycles. The molecule has 7 nitrogen and oxygen atoms in total. The first-order chi connectivity index (χ1) is 14.5. The van der Waals surface area contributed by atoms with Crippen LogP contribution < -0.4 is 14.8 Å². The first-order valence-electron chi connectivity index (χ1n) is 10.2. The third-order valence-corrected chi connectivity index (χ3v) is 3.58. The monoisotopic (exact) mass is 422 g/mol. The number of unbranched alkanes of at least 4 members (excludes halogenated alkanes) is 1. The average Bonchev–Trinajstić information content (AvgIpc) is 2.77. The number of hydrogen-bond donors (Lipinski definition) is 1. The Morgan fingerprint density at radius 1 is 1.07 bits per heavy atom. The fourth-order valence-corrected chi connectivity index (χ4v) is 1.97. The Morgan fingerprint density at radius 2 is 1.63 bits per heavy atom. The lowest BCUT2D eigenvalue weighted by molar-refractivity contribution is -0.123. The third kappa shape index (κ3) is 14.4. The lowest BCUT2D eigenvalue weighted by Gasteiger charge is -2.12. The molecule has 0 atom stereocenters. The second-order valence-electron chi connectivity index (χ2n) is 5.78. The first kappa shape index (κ1) is 29.6. The third-order valence-electron chi connectivity index (χ3n) is 3.58. The van der Waals surface area contributed by atoms with Crippen molar-refractivity contribution in [1.29, 1.82) is 5.26 Å². The number of nitrogens with zero attached hydrogens (tertiary/aromatic N) is 1. The van der Waals surface area contributed by atoms with Crippen molar-refractivity contribution in [3.63, 3.8) is 0 Å². The van der Waals surface area contributed by atoms with Crippen molar-refractivity contribution < 1.29 is 23.7 Å². The van der Waals surface area contributed by atoms with Crippen LogP contribution in [0.15, 0.2) is 24.3 Å². The van der Waals surface area contributed by atoms with Gasteiger partial charge < -0.3 is 29.1 Å². The molecule has 0 radical (unpaired) electrons. The number of carbonyl (C=O) groups is 1. The zero-order chi connectivity index (χ0) is 23.2. The van der Waals surface area contributed by atoms with Gasteiger partial charge in [0.1, 0.15) is 6.29 Å². The van der Waals surface area contributed by atoms with Crippen LogP contribution in [0, 0.1) is 11.3 Å². The lowest BCUT2D eigenvalue weighted by Crippen LogP contribution is -2.14. The molecule has 0 aliphatic heterocycles. The summed E-state index contributed by atoms with van der Waals surface area (Å²) in [5, 5.41) is 11.6. The van der Waals surface area contributed by atoms with Crippen LogP contribution in [0.25, 0.3) is 5.70 Å². The highest BCUT2D eigenvalue weighted by Crippen LogP contribution is 2.29. The standard InChI is InChI=1S/C13H14N2O3.C6H14O2.C4H10/c1-17-12-4-3-10(9-13(12)18-2)11(5-6-14)15-7-8-16;1-4-7-6(3)8-5-2;1-3-4-2/h3-5,8-9,15H,7H2,1-2H3;6H,4-5H2,1-3H3;3-4H2,1-2H3/b11-5-;;. The summed E-state index contributed by atoms with van der Waals surface area (Å²) in [4.78, 5) is 10.4. The Hall–Kier alpha value is -2.56. The molecule has 7 heteroatoms. The molecule has 0 saturated heterocycles. The number of ether oxygens (including phenoxy) is 4. The second kappa shape index (κ2) is 21.2. The summed E-state index contributed by atoms with van der Waals surface area (Å²) < 4.78 is 20.4. The molecule has 0 spiro atoms. The Kier molecular flexibility index (Phi) is 20.9. The topological polar surface area (TPSA) is 89.8 Å². The Morgan fingerprint density at radius 3 is 2.03 bits per heavy atom. The summed E-state index contributed by atoms with van der Waals surface area (Å²) in [6.07, 6.45) is 4.67. The minimum atomic E-state index is -0.0370. The molecule has 1 N–H and O–H groups in total. The van der Waals surface area contributed by atoms with Gasteiger partial charge in [0.2, 0.25) is 0 Å². The van der Waals surface area contributed by atoms with Crippen LogP contribution >= 0.6 is 0 Å². The van der Waals surface area contributed by atoms with Crippen LogP contribution in [0.4, 0.5) is 0 Å². The molecule has 0 saturated carbocycles. The summed E-state index contributed by atoms with van der Waals surface area (Å²) in [7, 11) is 3.09. The van der Waals surface area contributed by atoms with Crippen LogP contribution in [-0.2, 0) is 14.3 Å². The molecular formula is C23H38N2O5. The Labute approximate surface area is 182 Å². The van der Waals surface area contributed by atoms with Gasteiger partial charge in [-0.2, -0.15) is 5.26 Å². The zero-order valence-electron chi connectivity index (χ0n) is 19.5. The quantitative estimate of drug-likeness (QED) is 0.317. The predicted molar refractivity (Wildman–Crippen MR) is 120 cm³/mol. The highest BCUT2D eigenvalue weighted by atomic mass is 16.7. The van der Waals surface area contributed by atoms with Gasteiger partial charge in [0.25, 0.3) is 0 Å². The van der Waals surface area contributed by atoms with E-state index in [4.69, 9.17) is 24.2 Å². The van der Waals surface area contributed by atoms with Crippen molar-refractivity contribution >= 4 is 12.0 Å². The molecule has 1 aromatic rings. The van der Waals surface area contributed by atoms with Crippen LogP contribution in [0.1, 0.15) is 53.0 Å². The molecule has 0 aliphatic rings.